The summed E-state index contributed by atoms with van der Waals surface area (Å²) in [6, 6.07) is 8.08. The van der Waals surface area contributed by atoms with Crippen molar-refractivity contribution in [2.24, 2.45) is 0 Å². The summed E-state index contributed by atoms with van der Waals surface area (Å²) in [4.78, 5) is 4.52. The predicted molar refractivity (Wildman–Crippen MR) is 85.8 cm³/mol. The van der Waals surface area contributed by atoms with Crippen molar-refractivity contribution in [1.82, 2.24) is 33.9 Å². The molecule has 0 bridgehead atoms. The molecule has 0 unspecified atom stereocenters. The smallest absolute Gasteiger partial charge is 0.158 e. The third kappa shape index (κ3) is 2.40. The zero-order chi connectivity index (χ0) is 15.6. The molecule has 7 heteroatoms. The molecule has 0 saturated carbocycles. The topological polar surface area (TPSA) is 65.8 Å². The fraction of sp³-hybridized carbons (Fsp3) is 0.250. The second-order valence-corrected chi connectivity index (χ2v) is 5.31. The number of fused-ring (bicyclic) bond motifs is 1. The van der Waals surface area contributed by atoms with Crippen LogP contribution in [0.15, 0.2) is 49.2 Å². The lowest BCUT2D eigenvalue weighted by molar-refractivity contribution is 0.626. The van der Waals surface area contributed by atoms with Crippen LogP contribution in [-0.2, 0) is 19.5 Å². The lowest BCUT2D eigenvalue weighted by Gasteiger charge is -2.09. The van der Waals surface area contributed by atoms with E-state index in [-0.39, 0.29) is 0 Å². The molecule has 0 atom stereocenters. The number of aryl methyl sites for hydroxylation is 3. The van der Waals surface area contributed by atoms with Crippen LogP contribution in [0.3, 0.4) is 0 Å². The van der Waals surface area contributed by atoms with Crippen LogP contribution in [0.1, 0.15) is 12.7 Å². The molecule has 116 valence electrons. The Morgan fingerprint density at radius 2 is 2.04 bits per heavy atom. The first-order chi connectivity index (χ1) is 11.4. The first-order valence-corrected chi connectivity index (χ1v) is 7.68. The molecular formula is C16H17N7. The molecule has 4 aromatic heterocycles. The van der Waals surface area contributed by atoms with E-state index in [0.29, 0.717) is 0 Å². The van der Waals surface area contributed by atoms with Crippen molar-refractivity contribution in [1.29, 1.82) is 0 Å². The Kier molecular flexibility index (Phi) is 3.38. The maximum atomic E-state index is 4.52. The molecule has 4 rings (SSSR count). The summed E-state index contributed by atoms with van der Waals surface area (Å²) in [6.07, 6.45) is 8.20. The molecule has 0 spiro atoms. The largest absolute Gasteiger partial charge is 0.329 e. The highest BCUT2D eigenvalue weighted by atomic mass is 15.3. The van der Waals surface area contributed by atoms with E-state index in [1.165, 1.54) is 0 Å². The van der Waals surface area contributed by atoms with Crippen LogP contribution in [0, 0.1) is 0 Å². The molecular weight excluding hydrogens is 290 g/mol. The SMILES string of the molecule is CCn1cnnc1CCn1ccnc1-c1cccc2ccnn12. The van der Waals surface area contributed by atoms with Gasteiger partial charge in [-0.15, -0.1) is 10.2 Å². The summed E-state index contributed by atoms with van der Waals surface area (Å²) in [5, 5.41) is 12.6. The molecule has 23 heavy (non-hydrogen) atoms. The number of imidazole rings is 1. The van der Waals surface area contributed by atoms with Crippen molar-refractivity contribution in [3.8, 4) is 11.5 Å². The molecule has 0 radical (unpaired) electrons. The van der Waals surface area contributed by atoms with Gasteiger partial charge in [-0.1, -0.05) is 6.07 Å². The Labute approximate surface area is 133 Å². The Balaban J connectivity index is 1.65. The lowest BCUT2D eigenvalue weighted by atomic mass is 10.3. The van der Waals surface area contributed by atoms with Crippen molar-refractivity contribution in [3.63, 3.8) is 0 Å². The monoisotopic (exact) mass is 307 g/mol. The van der Waals surface area contributed by atoms with Gasteiger partial charge in [-0.2, -0.15) is 5.10 Å². The van der Waals surface area contributed by atoms with E-state index in [9.17, 15) is 0 Å². The highest BCUT2D eigenvalue weighted by Crippen LogP contribution is 2.19. The highest BCUT2D eigenvalue weighted by Gasteiger charge is 2.11. The van der Waals surface area contributed by atoms with Gasteiger partial charge >= 0.3 is 0 Å². The molecule has 0 saturated heterocycles. The summed E-state index contributed by atoms with van der Waals surface area (Å²) >= 11 is 0. The van der Waals surface area contributed by atoms with Gasteiger partial charge in [-0.25, -0.2) is 9.50 Å². The minimum Gasteiger partial charge on any atom is -0.329 e. The van der Waals surface area contributed by atoms with Crippen LogP contribution in [0.2, 0.25) is 0 Å². The summed E-state index contributed by atoms with van der Waals surface area (Å²) in [5.74, 6) is 1.89. The maximum absolute atomic E-state index is 4.52. The first kappa shape index (κ1) is 13.7. The summed E-state index contributed by atoms with van der Waals surface area (Å²) in [6.45, 7) is 3.77. The third-order valence-corrected chi connectivity index (χ3v) is 3.98. The summed E-state index contributed by atoms with van der Waals surface area (Å²) < 4.78 is 6.10. The highest BCUT2D eigenvalue weighted by molar-refractivity contribution is 5.58. The Bertz CT molecular complexity index is 931. The standard InChI is InChI=1S/C16H17N7/c1-2-21-12-18-20-15(21)7-10-22-11-9-17-16(22)14-5-3-4-13-6-8-19-23(13)14/h3-6,8-9,11-12H,2,7,10H2,1H3. The molecule has 0 aliphatic rings. The van der Waals surface area contributed by atoms with Crippen LogP contribution in [0.25, 0.3) is 17.0 Å². The zero-order valence-corrected chi connectivity index (χ0v) is 12.9. The van der Waals surface area contributed by atoms with Gasteiger partial charge in [0.2, 0.25) is 0 Å². The van der Waals surface area contributed by atoms with Gasteiger partial charge in [0.25, 0.3) is 0 Å². The van der Waals surface area contributed by atoms with E-state index >= 15 is 0 Å². The molecule has 4 aromatic rings. The van der Waals surface area contributed by atoms with Gasteiger partial charge in [0, 0.05) is 31.9 Å². The Morgan fingerprint density at radius 1 is 1.09 bits per heavy atom. The molecule has 7 nitrogen and oxygen atoms in total. The molecule has 0 aromatic carbocycles. The zero-order valence-electron chi connectivity index (χ0n) is 12.9. The van der Waals surface area contributed by atoms with E-state index in [1.807, 2.05) is 41.2 Å². The number of nitrogens with zero attached hydrogens (tertiary/aromatic N) is 7. The van der Waals surface area contributed by atoms with Crippen molar-refractivity contribution >= 4 is 5.52 Å². The van der Waals surface area contributed by atoms with Crippen molar-refractivity contribution in [3.05, 3.63) is 55.0 Å². The molecule has 0 aliphatic heterocycles. The van der Waals surface area contributed by atoms with E-state index < -0.39 is 0 Å². The van der Waals surface area contributed by atoms with Crippen molar-refractivity contribution < 1.29 is 0 Å². The van der Waals surface area contributed by atoms with Gasteiger partial charge in [0.05, 0.1) is 11.7 Å². The summed E-state index contributed by atoms with van der Waals surface area (Å²) in [7, 11) is 0. The summed E-state index contributed by atoms with van der Waals surface area (Å²) in [5.41, 5.74) is 2.04. The molecule has 4 heterocycles. The van der Waals surface area contributed by atoms with Gasteiger partial charge in [-0.3, -0.25) is 0 Å². The fourth-order valence-electron chi connectivity index (χ4n) is 2.80. The van der Waals surface area contributed by atoms with Crippen LogP contribution in [0.5, 0.6) is 0 Å². The van der Waals surface area contributed by atoms with Gasteiger partial charge in [0.1, 0.15) is 17.8 Å². The van der Waals surface area contributed by atoms with Crippen molar-refractivity contribution in [2.75, 3.05) is 0 Å². The molecule has 0 fully saturated rings. The number of aromatic nitrogens is 7. The number of rotatable bonds is 5. The average Bonchev–Trinajstić information content (AvgIpc) is 3.31. The lowest BCUT2D eigenvalue weighted by Crippen LogP contribution is -2.09. The Hall–Kier alpha value is -2.96. The van der Waals surface area contributed by atoms with Crippen LogP contribution < -0.4 is 0 Å². The quantitative estimate of drug-likeness (QED) is 0.566. The second-order valence-electron chi connectivity index (χ2n) is 5.31. The minimum absolute atomic E-state index is 0.797. The van der Waals surface area contributed by atoms with E-state index in [2.05, 4.69) is 36.3 Å². The minimum atomic E-state index is 0.797. The number of pyridine rings is 1. The normalized spacial score (nSPS) is 11.3. The molecule has 0 aliphatic carbocycles. The van der Waals surface area contributed by atoms with Crippen molar-refractivity contribution in [2.45, 2.75) is 26.4 Å². The van der Waals surface area contributed by atoms with Gasteiger partial charge in [0.15, 0.2) is 5.82 Å². The predicted octanol–water partition coefficient (Wildman–Crippen LogP) is 2.05. The van der Waals surface area contributed by atoms with Gasteiger partial charge in [-0.05, 0) is 25.1 Å². The maximum Gasteiger partial charge on any atom is 0.158 e. The fourth-order valence-corrected chi connectivity index (χ4v) is 2.80. The van der Waals surface area contributed by atoms with Crippen LogP contribution in [0.4, 0.5) is 0 Å². The second kappa shape index (κ2) is 5.68. The molecule has 0 amide bonds. The van der Waals surface area contributed by atoms with E-state index in [1.54, 1.807) is 12.5 Å². The number of hydrogen-bond donors (Lipinski definition) is 0. The number of hydrogen-bond acceptors (Lipinski definition) is 4. The van der Waals surface area contributed by atoms with E-state index in [4.69, 9.17) is 0 Å². The average molecular weight is 307 g/mol. The van der Waals surface area contributed by atoms with Crippen LogP contribution >= 0.6 is 0 Å². The first-order valence-electron chi connectivity index (χ1n) is 7.68. The Morgan fingerprint density at radius 3 is 2.96 bits per heavy atom. The molecule has 0 N–H and O–H groups in total. The third-order valence-electron chi connectivity index (χ3n) is 3.98. The van der Waals surface area contributed by atoms with Crippen LogP contribution in [-0.4, -0.2) is 33.9 Å². The van der Waals surface area contributed by atoms with E-state index in [0.717, 1.165) is 42.4 Å². The van der Waals surface area contributed by atoms with Gasteiger partial charge < -0.3 is 9.13 Å².